The molecule has 28 heavy (non-hydrogen) atoms. The monoisotopic (exact) mass is 420 g/mol. The number of benzene rings is 1. The van der Waals surface area contributed by atoms with Crippen molar-refractivity contribution in [3.05, 3.63) is 48.2 Å². The molecule has 0 N–H and O–H groups in total. The van der Waals surface area contributed by atoms with Gasteiger partial charge in [-0.1, -0.05) is 18.7 Å². The van der Waals surface area contributed by atoms with Gasteiger partial charge in [0.25, 0.3) is 0 Å². The summed E-state index contributed by atoms with van der Waals surface area (Å²) in [7, 11) is -1.89. The van der Waals surface area contributed by atoms with E-state index in [0.29, 0.717) is 35.8 Å². The molecule has 1 unspecified atom stereocenters. The molecule has 1 aliphatic heterocycles. The molecule has 1 atom stereocenters. The minimum absolute atomic E-state index is 0.0192. The summed E-state index contributed by atoms with van der Waals surface area (Å²) in [5, 5.41) is 0.344. The second-order valence-electron chi connectivity index (χ2n) is 6.55. The third kappa shape index (κ3) is 4.56. The van der Waals surface area contributed by atoms with Crippen LogP contribution in [0.3, 0.4) is 0 Å². The highest BCUT2D eigenvalue weighted by molar-refractivity contribution is 8.00. The number of Topliss-reactive ketones (excluding diaryl/α,β-unsaturated/α-hetero) is 1. The fourth-order valence-corrected chi connectivity index (χ4v) is 5.50. The van der Waals surface area contributed by atoms with Gasteiger partial charge < -0.3 is 4.74 Å². The fourth-order valence-electron chi connectivity index (χ4n) is 3.08. The van der Waals surface area contributed by atoms with E-state index in [4.69, 9.17) is 4.74 Å². The predicted molar refractivity (Wildman–Crippen MR) is 109 cm³/mol. The number of ketones is 1. The van der Waals surface area contributed by atoms with E-state index >= 15 is 0 Å². The molecular weight excluding hydrogens is 396 g/mol. The fraction of sp³-hybridized carbons (Fsp3) is 0.400. The van der Waals surface area contributed by atoms with Gasteiger partial charge in [0.2, 0.25) is 10.0 Å². The van der Waals surface area contributed by atoms with Crippen molar-refractivity contribution < 1.29 is 17.9 Å². The summed E-state index contributed by atoms with van der Waals surface area (Å²) < 4.78 is 31.8. The van der Waals surface area contributed by atoms with E-state index in [1.54, 1.807) is 43.5 Å². The molecule has 0 aliphatic carbocycles. The zero-order chi connectivity index (χ0) is 20.1. The number of pyridine rings is 1. The maximum atomic E-state index is 12.8. The van der Waals surface area contributed by atoms with Crippen LogP contribution in [0.15, 0.2) is 52.5 Å². The number of aromatic nitrogens is 1. The molecule has 0 radical (unpaired) electrons. The van der Waals surface area contributed by atoms with Gasteiger partial charge in [0, 0.05) is 24.8 Å². The third-order valence-electron chi connectivity index (χ3n) is 4.71. The Kier molecular flexibility index (Phi) is 6.74. The van der Waals surface area contributed by atoms with E-state index < -0.39 is 10.0 Å². The Balaban J connectivity index is 1.71. The minimum Gasteiger partial charge on any atom is -0.497 e. The highest BCUT2D eigenvalue weighted by Gasteiger charge is 2.27. The average molecular weight is 421 g/mol. The number of ether oxygens (including phenoxy) is 1. The molecule has 0 bridgehead atoms. The lowest BCUT2D eigenvalue weighted by atomic mass is 10.1. The lowest BCUT2D eigenvalue weighted by molar-refractivity contribution is 0.0988. The number of methoxy groups -OCH3 is 1. The first-order chi connectivity index (χ1) is 13.5. The summed E-state index contributed by atoms with van der Waals surface area (Å²) in [6.07, 6.45) is 3.82. The van der Waals surface area contributed by atoms with Gasteiger partial charge in [-0.05, 0) is 55.7 Å². The first-order valence-electron chi connectivity index (χ1n) is 9.27. The molecule has 1 aromatic carbocycles. The van der Waals surface area contributed by atoms with Crippen molar-refractivity contribution in [1.29, 1.82) is 0 Å². The highest BCUT2D eigenvalue weighted by Crippen LogP contribution is 2.28. The summed E-state index contributed by atoms with van der Waals surface area (Å²) in [4.78, 5) is 17.3. The summed E-state index contributed by atoms with van der Waals surface area (Å²) >= 11 is 1.35. The van der Waals surface area contributed by atoms with Crippen LogP contribution in [0.4, 0.5) is 0 Å². The van der Waals surface area contributed by atoms with Crippen molar-refractivity contribution in [3.63, 3.8) is 0 Å². The van der Waals surface area contributed by atoms with Crippen LogP contribution in [0.2, 0.25) is 0 Å². The van der Waals surface area contributed by atoms with Gasteiger partial charge in [-0.15, -0.1) is 0 Å². The Morgan fingerprint density at radius 2 is 1.86 bits per heavy atom. The van der Waals surface area contributed by atoms with Crippen molar-refractivity contribution in [2.45, 2.75) is 41.4 Å². The van der Waals surface area contributed by atoms with Crippen LogP contribution >= 0.6 is 11.8 Å². The summed E-state index contributed by atoms with van der Waals surface area (Å²) in [5.41, 5.74) is 0.619. The van der Waals surface area contributed by atoms with Crippen molar-refractivity contribution in [2.75, 3.05) is 20.2 Å². The van der Waals surface area contributed by atoms with Crippen molar-refractivity contribution >= 4 is 27.6 Å². The highest BCUT2D eigenvalue weighted by atomic mass is 32.2. The maximum absolute atomic E-state index is 12.8. The van der Waals surface area contributed by atoms with Crippen LogP contribution < -0.4 is 4.74 Å². The van der Waals surface area contributed by atoms with Crippen molar-refractivity contribution in [3.8, 4) is 5.75 Å². The van der Waals surface area contributed by atoms with E-state index in [1.165, 1.54) is 22.3 Å². The van der Waals surface area contributed by atoms with Gasteiger partial charge in [0.15, 0.2) is 5.78 Å². The average Bonchev–Trinajstić information content (AvgIpc) is 3.28. The van der Waals surface area contributed by atoms with Crippen LogP contribution in [0.25, 0.3) is 0 Å². The van der Waals surface area contributed by atoms with Gasteiger partial charge in [-0.25, -0.2) is 13.4 Å². The Bertz CT molecular complexity index is 906. The van der Waals surface area contributed by atoms with E-state index in [2.05, 4.69) is 4.98 Å². The Labute approximate surface area is 170 Å². The summed E-state index contributed by atoms with van der Waals surface area (Å²) in [5.74, 6) is 0.722. The van der Waals surface area contributed by atoms with Crippen LogP contribution in [0.1, 0.15) is 36.5 Å². The van der Waals surface area contributed by atoms with E-state index in [1.807, 2.05) is 6.92 Å². The number of sulfonamides is 1. The molecule has 150 valence electrons. The Morgan fingerprint density at radius 1 is 1.18 bits per heavy atom. The molecule has 8 heteroatoms. The predicted octanol–water partition coefficient (Wildman–Crippen LogP) is 3.63. The van der Waals surface area contributed by atoms with Crippen LogP contribution in [0.5, 0.6) is 5.75 Å². The van der Waals surface area contributed by atoms with E-state index in [0.717, 1.165) is 12.8 Å². The second kappa shape index (κ2) is 9.07. The normalized spacial score (nSPS) is 16.1. The first kappa shape index (κ1) is 20.8. The molecule has 0 amide bonds. The van der Waals surface area contributed by atoms with Gasteiger partial charge in [-0.3, -0.25) is 4.79 Å². The minimum atomic E-state index is -3.47. The van der Waals surface area contributed by atoms with Gasteiger partial charge in [-0.2, -0.15) is 4.31 Å². The molecule has 2 heterocycles. The Hall–Kier alpha value is -1.90. The molecule has 6 nitrogen and oxygen atoms in total. The van der Waals surface area contributed by atoms with E-state index in [-0.39, 0.29) is 15.9 Å². The van der Waals surface area contributed by atoms with Crippen LogP contribution in [-0.2, 0) is 10.0 Å². The lowest BCUT2D eigenvalue weighted by Gasteiger charge is -2.16. The molecule has 1 aliphatic rings. The Morgan fingerprint density at radius 3 is 2.39 bits per heavy atom. The first-order valence-corrected chi connectivity index (χ1v) is 11.6. The SMILES string of the molecule is CCC(Sc1ccc(S(=O)(=O)N2CCCC2)cn1)C(=O)c1ccc(OC)cc1. The van der Waals surface area contributed by atoms with Gasteiger partial charge in [0.1, 0.15) is 10.6 Å². The zero-order valence-corrected chi connectivity index (χ0v) is 17.6. The third-order valence-corrected chi connectivity index (χ3v) is 7.91. The molecular formula is C20H24N2O4S2. The van der Waals surface area contributed by atoms with Crippen LogP contribution in [0, 0.1) is 0 Å². The largest absolute Gasteiger partial charge is 0.497 e. The molecule has 3 rings (SSSR count). The zero-order valence-electron chi connectivity index (χ0n) is 16.0. The number of rotatable bonds is 8. The van der Waals surface area contributed by atoms with E-state index in [9.17, 15) is 13.2 Å². The summed E-state index contributed by atoms with van der Waals surface area (Å²) in [6, 6.07) is 10.3. The number of thioether (sulfide) groups is 1. The molecule has 1 aromatic heterocycles. The quantitative estimate of drug-likeness (QED) is 0.479. The number of nitrogens with zero attached hydrogens (tertiary/aromatic N) is 2. The standard InChI is InChI=1S/C20H24N2O4S2/c1-3-18(20(23)15-6-8-16(26-2)9-7-15)27-19-11-10-17(14-21-19)28(24,25)22-12-4-5-13-22/h6-11,14,18H,3-5,12-13H2,1-2H3. The topological polar surface area (TPSA) is 76.6 Å². The van der Waals surface area contributed by atoms with Crippen LogP contribution in [-0.4, -0.2) is 48.9 Å². The summed E-state index contributed by atoms with van der Waals surface area (Å²) in [6.45, 7) is 3.07. The molecule has 1 saturated heterocycles. The van der Waals surface area contributed by atoms with Gasteiger partial charge in [0.05, 0.1) is 17.4 Å². The number of carbonyl (C=O) groups excluding carboxylic acids is 1. The molecule has 0 spiro atoms. The molecule has 1 fully saturated rings. The number of hydrogen-bond acceptors (Lipinski definition) is 6. The number of hydrogen-bond donors (Lipinski definition) is 0. The maximum Gasteiger partial charge on any atom is 0.244 e. The number of carbonyl (C=O) groups is 1. The smallest absolute Gasteiger partial charge is 0.244 e. The van der Waals surface area contributed by atoms with Crippen molar-refractivity contribution in [2.24, 2.45) is 0 Å². The molecule has 2 aromatic rings. The second-order valence-corrected chi connectivity index (χ2v) is 9.71. The molecule has 0 saturated carbocycles. The van der Waals surface area contributed by atoms with Crippen molar-refractivity contribution in [1.82, 2.24) is 9.29 Å². The van der Waals surface area contributed by atoms with Gasteiger partial charge >= 0.3 is 0 Å². The lowest BCUT2D eigenvalue weighted by Crippen LogP contribution is -2.27.